The van der Waals surface area contributed by atoms with Crippen molar-refractivity contribution in [2.24, 2.45) is 0 Å². The van der Waals surface area contributed by atoms with Gasteiger partial charge in [0.2, 0.25) is 0 Å². The number of anilines is 1. The largest absolute Gasteiger partial charge is 0.461 e. The quantitative estimate of drug-likeness (QED) is 0.867. The van der Waals surface area contributed by atoms with E-state index in [-0.39, 0.29) is 5.97 Å². The Morgan fingerprint density at radius 3 is 2.35 bits per heavy atom. The molecule has 0 bridgehead atoms. The predicted molar refractivity (Wildman–Crippen MR) is 77.1 cm³/mol. The Morgan fingerprint density at radius 1 is 1.25 bits per heavy atom. The van der Waals surface area contributed by atoms with Crippen LogP contribution in [0.4, 0.5) is 5.69 Å². The van der Waals surface area contributed by atoms with Gasteiger partial charge in [-0.25, -0.2) is 0 Å². The third kappa shape index (κ3) is 3.17. The van der Waals surface area contributed by atoms with E-state index in [4.69, 9.17) is 10.5 Å². The summed E-state index contributed by atoms with van der Waals surface area (Å²) in [7, 11) is 0. The van der Waals surface area contributed by atoms with E-state index in [2.05, 4.69) is 5.10 Å². The van der Waals surface area contributed by atoms with Gasteiger partial charge < -0.3 is 10.5 Å². The van der Waals surface area contributed by atoms with Gasteiger partial charge in [0.25, 0.3) is 0 Å². The van der Waals surface area contributed by atoms with Crippen LogP contribution in [0.25, 0.3) is 0 Å². The number of carbonyl (C=O) groups is 1. The molecule has 2 rings (SSSR count). The molecule has 0 aliphatic heterocycles. The number of hydrogen-bond donors (Lipinski definition) is 1. The van der Waals surface area contributed by atoms with Crippen LogP contribution < -0.4 is 5.73 Å². The normalized spacial score (nSPS) is 10.6. The highest BCUT2D eigenvalue weighted by Gasteiger charge is 2.08. The van der Waals surface area contributed by atoms with Crippen LogP contribution in [-0.4, -0.2) is 15.7 Å². The predicted octanol–water partition coefficient (Wildman–Crippen LogP) is 2.19. The van der Waals surface area contributed by atoms with Crippen LogP contribution in [-0.2, 0) is 22.7 Å². The van der Waals surface area contributed by atoms with Crippen molar-refractivity contribution < 1.29 is 9.53 Å². The fraction of sp³-hybridized carbons (Fsp3) is 0.333. The van der Waals surface area contributed by atoms with Gasteiger partial charge in [-0.15, -0.1) is 0 Å². The summed E-state index contributed by atoms with van der Waals surface area (Å²) in [5, 5.41) is 4.41. The molecule has 0 saturated carbocycles. The van der Waals surface area contributed by atoms with E-state index in [1.807, 2.05) is 42.8 Å². The SMILES string of the molecule is CC(=O)OCc1ccc(Cn2nc(C)c(N)c2C)cc1. The molecule has 1 aromatic heterocycles. The molecule has 2 aromatic rings. The Balaban J connectivity index is 2.07. The first kappa shape index (κ1) is 14.1. The average Bonchev–Trinajstić information content (AvgIpc) is 2.65. The zero-order valence-electron chi connectivity index (χ0n) is 12.0. The zero-order valence-corrected chi connectivity index (χ0v) is 12.0. The van der Waals surface area contributed by atoms with Gasteiger partial charge in [0.15, 0.2) is 0 Å². The Kier molecular flexibility index (Phi) is 4.08. The van der Waals surface area contributed by atoms with Gasteiger partial charge >= 0.3 is 5.97 Å². The second-order valence-electron chi connectivity index (χ2n) is 4.84. The van der Waals surface area contributed by atoms with Crippen LogP contribution in [0.2, 0.25) is 0 Å². The molecular formula is C15H19N3O2. The minimum absolute atomic E-state index is 0.271. The van der Waals surface area contributed by atoms with Gasteiger partial charge in [-0.2, -0.15) is 5.10 Å². The number of carbonyl (C=O) groups excluding carboxylic acids is 1. The summed E-state index contributed by atoms with van der Waals surface area (Å²) in [6.07, 6.45) is 0. The number of esters is 1. The van der Waals surface area contributed by atoms with E-state index in [1.165, 1.54) is 6.92 Å². The van der Waals surface area contributed by atoms with Gasteiger partial charge in [-0.05, 0) is 25.0 Å². The minimum Gasteiger partial charge on any atom is -0.461 e. The van der Waals surface area contributed by atoms with Crippen LogP contribution >= 0.6 is 0 Å². The van der Waals surface area contributed by atoms with Crippen molar-refractivity contribution in [3.8, 4) is 0 Å². The number of aromatic nitrogens is 2. The third-order valence-electron chi connectivity index (χ3n) is 3.23. The lowest BCUT2D eigenvalue weighted by Crippen LogP contribution is -2.05. The fourth-order valence-corrected chi connectivity index (χ4v) is 1.96. The van der Waals surface area contributed by atoms with Crippen molar-refractivity contribution >= 4 is 11.7 Å². The monoisotopic (exact) mass is 273 g/mol. The first-order valence-corrected chi connectivity index (χ1v) is 6.48. The topological polar surface area (TPSA) is 70.1 Å². The molecule has 0 aliphatic rings. The van der Waals surface area contributed by atoms with E-state index in [0.29, 0.717) is 13.2 Å². The number of nitrogens with two attached hydrogens (primary N) is 1. The summed E-state index contributed by atoms with van der Waals surface area (Å²) >= 11 is 0. The maximum atomic E-state index is 10.8. The molecular weight excluding hydrogens is 254 g/mol. The average molecular weight is 273 g/mol. The number of hydrogen-bond acceptors (Lipinski definition) is 4. The Hall–Kier alpha value is -2.30. The highest BCUT2D eigenvalue weighted by atomic mass is 16.5. The molecule has 1 heterocycles. The summed E-state index contributed by atoms with van der Waals surface area (Å²) in [4.78, 5) is 10.8. The minimum atomic E-state index is -0.271. The molecule has 5 heteroatoms. The summed E-state index contributed by atoms with van der Waals surface area (Å²) in [6.45, 7) is 6.26. The molecule has 0 radical (unpaired) electrons. The lowest BCUT2D eigenvalue weighted by atomic mass is 10.1. The van der Waals surface area contributed by atoms with Crippen molar-refractivity contribution in [2.45, 2.75) is 33.9 Å². The van der Waals surface area contributed by atoms with Gasteiger partial charge in [0, 0.05) is 6.92 Å². The van der Waals surface area contributed by atoms with Gasteiger partial charge in [-0.1, -0.05) is 24.3 Å². The van der Waals surface area contributed by atoms with Crippen LogP contribution in [0.3, 0.4) is 0 Å². The molecule has 0 atom stereocenters. The summed E-state index contributed by atoms with van der Waals surface area (Å²) < 4.78 is 6.85. The molecule has 0 spiro atoms. The standard InChI is InChI=1S/C15H19N3O2/c1-10-15(16)11(2)18(17-10)8-13-4-6-14(7-5-13)9-20-12(3)19/h4-7H,8-9,16H2,1-3H3. The Morgan fingerprint density at radius 2 is 1.85 bits per heavy atom. The van der Waals surface area contributed by atoms with Crippen molar-refractivity contribution in [1.29, 1.82) is 0 Å². The maximum Gasteiger partial charge on any atom is 0.302 e. The number of ether oxygens (including phenoxy) is 1. The van der Waals surface area contributed by atoms with E-state index >= 15 is 0 Å². The fourth-order valence-electron chi connectivity index (χ4n) is 1.96. The Bertz CT molecular complexity index is 615. The maximum absolute atomic E-state index is 10.8. The highest BCUT2D eigenvalue weighted by molar-refractivity contribution is 5.65. The number of nitrogens with zero attached hydrogens (tertiary/aromatic N) is 2. The first-order chi connectivity index (χ1) is 9.47. The van der Waals surface area contributed by atoms with Crippen molar-refractivity contribution in [3.05, 3.63) is 46.8 Å². The van der Waals surface area contributed by atoms with Crippen molar-refractivity contribution in [2.75, 3.05) is 5.73 Å². The van der Waals surface area contributed by atoms with Crippen LogP contribution in [0.15, 0.2) is 24.3 Å². The Labute approximate surface area is 118 Å². The van der Waals surface area contributed by atoms with E-state index in [1.54, 1.807) is 0 Å². The molecule has 0 amide bonds. The van der Waals surface area contributed by atoms with E-state index < -0.39 is 0 Å². The van der Waals surface area contributed by atoms with Crippen LogP contribution in [0, 0.1) is 13.8 Å². The molecule has 1 aromatic carbocycles. The summed E-state index contributed by atoms with van der Waals surface area (Å²) in [5.74, 6) is -0.271. The molecule has 0 saturated heterocycles. The van der Waals surface area contributed by atoms with Crippen molar-refractivity contribution in [3.63, 3.8) is 0 Å². The van der Waals surface area contributed by atoms with E-state index in [9.17, 15) is 4.79 Å². The molecule has 0 fully saturated rings. The molecule has 2 N–H and O–H groups in total. The van der Waals surface area contributed by atoms with Crippen LogP contribution in [0.5, 0.6) is 0 Å². The molecule has 0 unspecified atom stereocenters. The number of rotatable bonds is 4. The summed E-state index contributed by atoms with van der Waals surface area (Å²) in [6, 6.07) is 7.91. The van der Waals surface area contributed by atoms with Gasteiger partial charge in [0.1, 0.15) is 6.61 Å². The van der Waals surface area contributed by atoms with Crippen molar-refractivity contribution in [1.82, 2.24) is 9.78 Å². The summed E-state index contributed by atoms with van der Waals surface area (Å²) in [5.41, 5.74) is 10.6. The smallest absolute Gasteiger partial charge is 0.302 e. The van der Waals surface area contributed by atoms with E-state index in [0.717, 1.165) is 28.2 Å². The first-order valence-electron chi connectivity index (χ1n) is 6.48. The molecule has 0 aliphatic carbocycles. The molecule has 5 nitrogen and oxygen atoms in total. The number of nitrogen functional groups attached to an aromatic ring is 1. The van der Waals surface area contributed by atoms with Gasteiger partial charge in [0.05, 0.1) is 23.6 Å². The third-order valence-corrected chi connectivity index (χ3v) is 3.23. The lowest BCUT2D eigenvalue weighted by molar-refractivity contribution is -0.142. The zero-order chi connectivity index (χ0) is 14.7. The molecule has 20 heavy (non-hydrogen) atoms. The second-order valence-corrected chi connectivity index (χ2v) is 4.84. The van der Waals surface area contributed by atoms with Crippen LogP contribution in [0.1, 0.15) is 29.4 Å². The number of benzene rings is 1. The number of aryl methyl sites for hydroxylation is 1. The van der Waals surface area contributed by atoms with Gasteiger partial charge in [-0.3, -0.25) is 9.48 Å². The lowest BCUT2D eigenvalue weighted by Gasteiger charge is -2.06. The molecule has 106 valence electrons. The highest BCUT2D eigenvalue weighted by Crippen LogP contribution is 2.16. The second kappa shape index (κ2) is 5.77.